The largest absolute Gasteiger partial charge is 0.465 e. The normalized spacial score (nSPS) is 24.4. The average Bonchev–Trinajstić information content (AvgIpc) is 2.43. The summed E-state index contributed by atoms with van der Waals surface area (Å²) in [5.41, 5.74) is 1.53. The summed E-state index contributed by atoms with van der Waals surface area (Å²) in [5.74, 6) is 0. The van der Waals surface area contributed by atoms with E-state index in [1.54, 1.807) is 12.3 Å². The van der Waals surface area contributed by atoms with E-state index in [0.717, 1.165) is 5.56 Å². The summed E-state index contributed by atoms with van der Waals surface area (Å²) in [6, 6.07) is 3.02. The fraction of sp³-hybridized carbons (Fsp3) is 0.333. The Morgan fingerprint density at radius 3 is 3.14 bits per heavy atom. The van der Waals surface area contributed by atoms with E-state index >= 15 is 0 Å². The van der Waals surface area contributed by atoms with Gasteiger partial charge in [-0.25, -0.2) is 4.79 Å². The molecule has 0 saturated carbocycles. The number of aliphatic hydroxyl groups is 1. The van der Waals surface area contributed by atoms with Gasteiger partial charge in [0.05, 0.1) is 11.8 Å². The predicted octanol–water partition coefficient (Wildman–Crippen LogP) is 0.307. The summed E-state index contributed by atoms with van der Waals surface area (Å²) in [6.45, 7) is 0. The second kappa shape index (κ2) is 3.26. The van der Waals surface area contributed by atoms with E-state index < -0.39 is 18.2 Å². The van der Waals surface area contributed by atoms with Crippen LogP contribution < -0.4 is 5.32 Å². The van der Waals surface area contributed by atoms with Gasteiger partial charge in [0.1, 0.15) is 6.04 Å². The molecule has 5 heteroatoms. The second-order valence-electron chi connectivity index (χ2n) is 3.25. The molecule has 0 aliphatic heterocycles. The molecule has 2 atom stereocenters. The van der Waals surface area contributed by atoms with Crippen LogP contribution in [-0.4, -0.2) is 27.4 Å². The molecule has 1 aliphatic carbocycles. The summed E-state index contributed by atoms with van der Waals surface area (Å²) in [7, 11) is 0. The third kappa shape index (κ3) is 1.42. The Hall–Kier alpha value is -1.62. The van der Waals surface area contributed by atoms with Crippen molar-refractivity contribution in [3.05, 3.63) is 29.6 Å². The molecule has 74 valence electrons. The van der Waals surface area contributed by atoms with E-state index in [2.05, 4.69) is 10.3 Å². The molecule has 1 amide bonds. The Morgan fingerprint density at radius 1 is 1.64 bits per heavy atom. The topological polar surface area (TPSA) is 82.5 Å². The number of aromatic nitrogens is 1. The van der Waals surface area contributed by atoms with E-state index in [9.17, 15) is 9.90 Å². The Morgan fingerprint density at radius 2 is 2.43 bits per heavy atom. The highest BCUT2D eigenvalue weighted by Crippen LogP contribution is 2.29. The van der Waals surface area contributed by atoms with Crippen molar-refractivity contribution in [3.8, 4) is 0 Å². The second-order valence-corrected chi connectivity index (χ2v) is 3.25. The number of carbonyl (C=O) groups is 1. The molecule has 0 bridgehead atoms. The van der Waals surface area contributed by atoms with Crippen molar-refractivity contribution >= 4 is 6.09 Å². The van der Waals surface area contributed by atoms with Crippen LogP contribution in [0.3, 0.4) is 0 Å². The van der Waals surface area contributed by atoms with E-state index in [0.29, 0.717) is 12.1 Å². The SMILES string of the molecule is O=C(O)NC1c2ncccc2CC1O. The van der Waals surface area contributed by atoms with Crippen LogP contribution in [0, 0.1) is 0 Å². The summed E-state index contributed by atoms with van der Waals surface area (Å²) in [4.78, 5) is 14.5. The number of amides is 1. The van der Waals surface area contributed by atoms with Gasteiger partial charge in [0.25, 0.3) is 0 Å². The number of nitrogens with zero attached hydrogens (tertiary/aromatic N) is 1. The van der Waals surface area contributed by atoms with Crippen molar-refractivity contribution in [3.63, 3.8) is 0 Å². The maximum Gasteiger partial charge on any atom is 0.405 e. The van der Waals surface area contributed by atoms with Crippen molar-refractivity contribution in [2.75, 3.05) is 0 Å². The molecule has 1 aromatic heterocycles. The first-order valence-electron chi connectivity index (χ1n) is 4.30. The Balaban J connectivity index is 2.30. The lowest BCUT2D eigenvalue weighted by molar-refractivity contribution is 0.130. The van der Waals surface area contributed by atoms with E-state index in [1.807, 2.05) is 6.07 Å². The number of carboxylic acid groups (broad SMARTS) is 1. The van der Waals surface area contributed by atoms with Gasteiger partial charge in [-0.05, 0) is 11.6 Å². The summed E-state index contributed by atoms with van der Waals surface area (Å²) < 4.78 is 0. The minimum atomic E-state index is -1.15. The summed E-state index contributed by atoms with van der Waals surface area (Å²) in [5, 5.41) is 20.4. The number of pyridine rings is 1. The average molecular weight is 194 g/mol. The third-order valence-corrected chi connectivity index (χ3v) is 2.31. The van der Waals surface area contributed by atoms with Gasteiger partial charge in [0, 0.05) is 12.6 Å². The fourth-order valence-electron chi connectivity index (χ4n) is 1.73. The lowest BCUT2D eigenvalue weighted by Gasteiger charge is -2.14. The van der Waals surface area contributed by atoms with Crippen LogP contribution in [-0.2, 0) is 6.42 Å². The zero-order valence-electron chi connectivity index (χ0n) is 7.34. The molecule has 0 spiro atoms. The summed E-state index contributed by atoms with van der Waals surface area (Å²) >= 11 is 0. The van der Waals surface area contributed by atoms with Gasteiger partial charge in [-0.2, -0.15) is 0 Å². The quantitative estimate of drug-likeness (QED) is 0.600. The molecular weight excluding hydrogens is 184 g/mol. The highest BCUT2D eigenvalue weighted by atomic mass is 16.4. The number of fused-ring (bicyclic) bond motifs is 1. The third-order valence-electron chi connectivity index (χ3n) is 2.31. The highest BCUT2D eigenvalue weighted by molar-refractivity contribution is 5.65. The Kier molecular flexibility index (Phi) is 2.09. The minimum absolute atomic E-state index is 0.452. The molecule has 0 saturated heterocycles. The van der Waals surface area contributed by atoms with Gasteiger partial charge in [0.15, 0.2) is 0 Å². The van der Waals surface area contributed by atoms with Crippen LogP contribution in [0.25, 0.3) is 0 Å². The molecule has 0 aromatic carbocycles. The molecule has 1 heterocycles. The van der Waals surface area contributed by atoms with Crippen LogP contribution in [0.1, 0.15) is 17.3 Å². The molecule has 1 aliphatic rings. The van der Waals surface area contributed by atoms with Gasteiger partial charge in [-0.1, -0.05) is 6.07 Å². The Labute approximate surface area is 80.4 Å². The van der Waals surface area contributed by atoms with Crippen LogP contribution in [0.5, 0.6) is 0 Å². The van der Waals surface area contributed by atoms with Gasteiger partial charge < -0.3 is 15.5 Å². The molecule has 14 heavy (non-hydrogen) atoms. The monoisotopic (exact) mass is 194 g/mol. The van der Waals surface area contributed by atoms with Crippen LogP contribution in [0.15, 0.2) is 18.3 Å². The predicted molar refractivity (Wildman–Crippen MR) is 47.8 cm³/mol. The molecule has 0 radical (unpaired) electrons. The van der Waals surface area contributed by atoms with E-state index in [1.165, 1.54) is 0 Å². The number of hydrogen-bond donors (Lipinski definition) is 3. The van der Waals surface area contributed by atoms with E-state index in [4.69, 9.17) is 5.11 Å². The number of hydrogen-bond acceptors (Lipinski definition) is 3. The highest BCUT2D eigenvalue weighted by Gasteiger charge is 2.33. The van der Waals surface area contributed by atoms with Crippen molar-refractivity contribution in [2.24, 2.45) is 0 Å². The van der Waals surface area contributed by atoms with Crippen LogP contribution >= 0.6 is 0 Å². The van der Waals surface area contributed by atoms with Gasteiger partial charge in [0.2, 0.25) is 0 Å². The first-order chi connectivity index (χ1) is 6.68. The maximum absolute atomic E-state index is 10.5. The number of nitrogens with one attached hydrogen (secondary N) is 1. The minimum Gasteiger partial charge on any atom is -0.465 e. The van der Waals surface area contributed by atoms with Gasteiger partial charge in [-0.15, -0.1) is 0 Å². The zero-order chi connectivity index (χ0) is 10.1. The van der Waals surface area contributed by atoms with Crippen LogP contribution in [0.2, 0.25) is 0 Å². The number of aliphatic hydroxyl groups excluding tert-OH is 1. The van der Waals surface area contributed by atoms with Crippen molar-refractivity contribution in [1.82, 2.24) is 10.3 Å². The molecule has 5 nitrogen and oxygen atoms in total. The van der Waals surface area contributed by atoms with E-state index in [-0.39, 0.29) is 0 Å². The van der Waals surface area contributed by atoms with Crippen molar-refractivity contribution in [2.45, 2.75) is 18.6 Å². The van der Waals surface area contributed by atoms with Gasteiger partial charge in [-0.3, -0.25) is 4.98 Å². The molecule has 1 aromatic rings. The first-order valence-corrected chi connectivity index (χ1v) is 4.30. The van der Waals surface area contributed by atoms with Gasteiger partial charge >= 0.3 is 6.09 Å². The smallest absolute Gasteiger partial charge is 0.405 e. The fourth-order valence-corrected chi connectivity index (χ4v) is 1.73. The Bertz CT molecular complexity index is 367. The molecule has 2 unspecified atom stereocenters. The lowest BCUT2D eigenvalue weighted by atomic mass is 10.2. The first kappa shape index (κ1) is 8.96. The van der Waals surface area contributed by atoms with Crippen molar-refractivity contribution < 1.29 is 15.0 Å². The lowest BCUT2D eigenvalue weighted by Crippen LogP contribution is -2.33. The summed E-state index contributed by atoms with van der Waals surface area (Å²) in [6.07, 6.45) is 0.185. The maximum atomic E-state index is 10.5. The molecular formula is C9H10N2O3. The standard InChI is InChI=1S/C9H10N2O3/c12-6-4-5-2-1-3-10-7(5)8(6)11-9(13)14/h1-3,6,8,11-12H,4H2,(H,13,14). The van der Waals surface area contributed by atoms with Crippen molar-refractivity contribution in [1.29, 1.82) is 0 Å². The van der Waals surface area contributed by atoms with Crippen LogP contribution in [0.4, 0.5) is 4.79 Å². The molecule has 2 rings (SSSR count). The molecule has 0 fully saturated rings. The zero-order valence-corrected chi connectivity index (χ0v) is 7.34. The number of rotatable bonds is 1. The molecule has 3 N–H and O–H groups in total.